The van der Waals surface area contributed by atoms with Crippen molar-refractivity contribution < 1.29 is 26.3 Å². The monoisotopic (exact) mass is 885 g/mol. The molecule has 9 rings (SSSR count). The Kier molecular flexibility index (Phi) is 12.1. The van der Waals surface area contributed by atoms with Gasteiger partial charge in [0.1, 0.15) is 35.5 Å². The van der Waals surface area contributed by atoms with Gasteiger partial charge in [0.05, 0.1) is 45.8 Å². The second kappa shape index (κ2) is 17.6. The first kappa shape index (κ1) is 41.3. The average Bonchev–Trinajstić information content (AvgIpc) is 4.02. The van der Waals surface area contributed by atoms with Gasteiger partial charge in [-0.2, -0.15) is 26.3 Å². The van der Waals surface area contributed by atoms with Gasteiger partial charge in [0.15, 0.2) is 34.4 Å². The Morgan fingerprint density at radius 3 is 1.60 bits per heavy atom. The number of para-hydroxylation sites is 1. The molecule has 3 aromatic carbocycles. The first-order valence-corrected chi connectivity index (χ1v) is 18.1. The highest BCUT2D eigenvalue weighted by Crippen LogP contribution is 2.40. The molecule has 6 N–H and O–H groups in total. The van der Waals surface area contributed by atoms with E-state index in [-0.39, 0.29) is 23.0 Å². The Bertz CT molecular complexity index is 2880. The Hall–Kier alpha value is -6.84. The predicted octanol–water partition coefficient (Wildman–Crippen LogP) is 10.2. The molecule has 0 spiro atoms. The minimum absolute atomic E-state index is 0.0391. The SMILES string of the molecule is Clc1ccc(Cl)c(CNc2ncnc3nc[nH]c23)c1Cl.FC(F)(F)c1ccc(Nc2ncnc3nc[nH]c23)c(C(F)(F)F)c1.c1ccc(Nc2ncnc3nc[nH]c23)cc1. The van der Waals surface area contributed by atoms with Crippen LogP contribution in [0.15, 0.2) is 98.6 Å². The van der Waals surface area contributed by atoms with E-state index < -0.39 is 29.2 Å². The van der Waals surface area contributed by atoms with Crippen molar-refractivity contribution in [1.82, 2.24) is 59.8 Å². The van der Waals surface area contributed by atoms with Crippen LogP contribution in [0, 0.1) is 0 Å². The number of aromatic nitrogens is 12. The molecule has 0 aliphatic rings. The third-order valence-electron chi connectivity index (χ3n) is 8.18. The summed E-state index contributed by atoms with van der Waals surface area (Å²) in [6.45, 7) is 0.392. The highest BCUT2D eigenvalue weighted by molar-refractivity contribution is 6.44. The predicted molar refractivity (Wildman–Crippen MR) is 213 cm³/mol. The van der Waals surface area contributed by atoms with Crippen LogP contribution in [0.1, 0.15) is 16.7 Å². The van der Waals surface area contributed by atoms with E-state index in [0.29, 0.717) is 56.4 Å². The molecule has 0 atom stereocenters. The lowest BCUT2D eigenvalue weighted by molar-refractivity contribution is -0.142. The highest BCUT2D eigenvalue weighted by Gasteiger charge is 2.38. The smallest absolute Gasteiger partial charge is 0.364 e. The summed E-state index contributed by atoms with van der Waals surface area (Å²) in [7, 11) is 0. The molecule has 0 saturated heterocycles. The number of hydrogen-bond acceptors (Lipinski definition) is 12. The number of halogens is 9. The lowest BCUT2D eigenvalue weighted by Crippen LogP contribution is -2.13. The zero-order valence-electron chi connectivity index (χ0n) is 29.9. The van der Waals surface area contributed by atoms with Crippen LogP contribution in [0.25, 0.3) is 33.5 Å². The molecule has 60 heavy (non-hydrogen) atoms. The second-order valence-electron chi connectivity index (χ2n) is 12.0. The summed E-state index contributed by atoms with van der Waals surface area (Å²) in [5.74, 6) is 1.32. The van der Waals surface area contributed by atoms with Gasteiger partial charge in [0, 0.05) is 22.8 Å². The standard InChI is InChI=1S/C13H7F6N5.C12H8Cl3N5.C11H9N5/c14-12(15,16)6-1-2-8(7(3-6)13(17,18)19)24-11-9-10(21-4-20-9)22-5-23-11;13-7-1-2-8(14)9(15)6(7)3-16-11-10-12(18-4-17-10)20-5-19-11;1-2-4-8(5-3-1)16-11-9-10(13-6-12-9)14-7-15-11/h1-5H,(H2,20,21,22,23,24);1-2,4-5H,3H2,(H2,16,17,18,19,20);1-7H,(H2,12,13,14,15,16). The van der Waals surface area contributed by atoms with Crippen LogP contribution < -0.4 is 16.0 Å². The van der Waals surface area contributed by atoms with E-state index in [1.807, 2.05) is 30.3 Å². The molecule has 0 radical (unpaired) electrons. The maximum absolute atomic E-state index is 13.1. The van der Waals surface area contributed by atoms with Crippen molar-refractivity contribution in [3.05, 3.63) is 130 Å². The summed E-state index contributed by atoms with van der Waals surface area (Å²) in [6, 6.07) is 14.5. The topological polar surface area (TPSA) is 199 Å². The molecule has 306 valence electrons. The lowest BCUT2D eigenvalue weighted by Gasteiger charge is -2.16. The summed E-state index contributed by atoms with van der Waals surface area (Å²) >= 11 is 18.3. The highest BCUT2D eigenvalue weighted by atomic mass is 35.5. The molecule has 0 aliphatic carbocycles. The molecular formula is C36H24Cl3F6N15. The molecule has 0 fully saturated rings. The van der Waals surface area contributed by atoms with E-state index in [1.165, 1.54) is 19.0 Å². The fraction of sp³-hybridized carbons (Fsp3) is 0.0833. The summed E-state index contributed by atoms with van der Waals surface area (Å²) in [5, 5.41) is 10.2. The minimum atomic E-state index is -4.98. The number of rotatable bonds is 7. The number of H-pyrrole nitrogens is 3. The largest absolute Gasteiger partial charge is 0.418 e. The summed E-state index contributed by atoms with van der Waals surface area (Å²) in [5.41, 5.74) is 1.50. The van der Waals surface area contributed by atoms with Crippen molar-refractivity contribution in [3.8, 4) is 0 Å². The molecule has 0 unspecified atom stereocenters. The number of fused-ring (bicyclic) bond motifs is 3. The fourth-order valence-electron chi connectivity index (χ4n) is 5.37. The second-order valence-corrected chi connectivity index (χ2v) is 13.2. The van der Waals surface area contributed by atoms with Crippen molar-refractivity contribution in [1.29, 1.82) is 0 Å². The molecule has 0 aliphatic heterocycles. The van der Waals surface area contributed by atoms with E-state index in [2.05, 4.69) is 75.8 Å². The van der Waals surface area contributed by atoms with Gasteiger partial charge in [-0.3, -0.25) is 0 Å². The average molecular weight is 887 g/mol. The normalized spacial score (nSPS) is 11.5. The van der Waals surface area contributed by atoms with Gasteiger partial charge in [-0.25, -0.2) is 44.9 Å². The quantitative estimate of drug-likeness (QED) is 0.0655. The Labute approximate surface area is 347 Å². The van der Waals surface area contributed by atoms with Crippen LogP contribution in [0.5, 0.6) is 0 Å². The number of nitrogens with one attached hydrogen (secondary N) is 6. The molecule has 6 aromatic heterocycles. The number of benzene rings is 3. The van der Waals surface area contributed by atoms with Crippen LogP contribution in [-0.4, -0.2) is 59.8 Å². The summed E-state index contributed by atoms with van der Waals surface area (Å²) in [4.78, 5) is 44.6. The third-order valence-corrected chi connectivity index (χ3v) is 9.38. The number of imidazole rings is 3. The third kappa shape index (κ3) is 9.54. The van der Waals surface area contributed by atoms with Crippen molar-refractivity contribution >= 4 is 97.1 Å². The number of alkyl halides is 6. The fourth-order valence-corrected chi connectivity index (χ4v) is 6.05. The van der Waals surface area contributed by atoms with Gasteiger partial charge in [-0.15, -0.1) is 0 Å². The molecule has 6 heterocycles. The number of aromatic amines is 3. The van der Waals surface area contributed by atoms with Crippen molar-refractivity contribution in [2.24, 2.45) is 0 Å². The van der Waals surface area contributed by atoms with Gasteiger partial charge in [-0.1, -0.05) is 53.0 Å². The van der Waals surface area contributed by atoms with E-state index in [4.69, 9.17) is 34.8 Å². The molecular weight excluding hydrogens is 863 g/mol. The van der Waals surface area contributed by atoms with Crippen LogP contribution in [0.3, 0.4) is 0 Å². The van der Waals surface area contributed by atoms with Gasteiger partial charge >= 0.3 is 12.4 Å². The van der Waals surface area contributed by atoms with Crippen LogP contribution >= 0.6 is 34.8 Å². The zero-order chi connectivity index (χ0) is 42.4. The number of hydrogen-bond donors (Lipinski definition) is 6. The molecule has 0 amide bonds. The zero-order valence-corrected chi connectivity index (χ0v) is 32.1. The van der Waals surface area contributed by atoms with E-state index in [9.17, 15) is 26.3 Å². The van der Waals surface area contributed by atoms with Crippen LogP contribution in [0.4, 0.5) is 55.2 Å². The Morgan fingerprint density at radius 2 is 1.05 bits per heavy atom. The number of nitrogens with zero attached hydrogens (tertiary/aromatic N) is 9. The lowest BCUT2D eigenvalue weighted by atomic mass is 10.1. The molecule has 24 heteroatoms. The van der Waals surface area contributed by atoms with Gasteiger partial charge in [0.2, 0.25) is 0 Å². The maximum atomic E-state index is 13.1. The maximum Gasteiger partial charge on any atom is 0.418 e. The van der Waals surface area contributed by atoms with Gasteiger partial charge < -0.3 is 30.9 Å². The molecule has 0 bridgehead atoms. The first-order valence-electron chi connectivity index (χ1n) is 16.9. The summed E-state index contributed by atoms with van der Waals surface area (Å²) < 4.78 is 77.3. The van der Waals surface area contributed by atoms with Crippen LogP contribution in [0.2, 0.25) is 15.1 Å². The molecule has 9 aromatic rings. The van der Waals surface area contributed by atoms with Crippen molar-refractivity contribution in [2.45, 2.75) is 18.9 Å². The molecule has 0 saturated carbocycles. The Morgan fingerprint density at radius 1 is 0.533 bits per heavy atom. The minimum Gasteiger partial charge on any atom is -0.364 e. The first-order chi connectivity index (χ1) is 28.8. The summed E-state index contributed by atoms with van der Waals surface area (Å²) in [6.07, 6.45) is -1.43. The van der Waals surface area contributed by atoms with E-state index >= 15 is 0 Å². The van der Waals surface area contributed by atoms with Crippen molar-refractivity contribution in [3.63, 3.8) is 0 Å². The van der Waals surface area contributed by atoms with Gasteiger partial charge in [-0.05, 0) is 42.5 Å². The number of anilines is 5. The van der Waals surface area contributed by atoms with E-state index in [1.54, 1.807) is 24.8 Å². The van der Waals surface area contributed by atoms with E-state index in [0.717, 1.165) is 28.9 Å². The Balaban J connectivity index is 0.000000139. The van der Waals surface area contributed by atoms with Gasteiger partial charge in [0.25, 0.3) is 0 Å². The van der Waals surface area contributed by atoms with Crippen molar-refractivity contribution in [2.75, 3.05) is 16.0 Å². The molecule has 15 nitrogen and oxygen atoms in total. The van der Waals surface area contributed by atoms with Crippen LogP contribution in [-0.2, 0) is 18.9 Å².